The number of fused-ring (bicyclic) bond motifs is 5. The highest BCUT2D eigenvalue weighted by atomic mass is 35.5. The van der Waals surface area contributed by atoms with Crippen LogP contribution in [0.1, 0.15) is 54.5 Å². The predicted octanol–water partition coefficient (Wildman–Crippen LogP) is 2.99. The minimum Gasteiger partial charge on any atom is -0.330 e. The lowest BCUT2D eigenvalue weighted by Crippen LogP contribution is -2.55. The first-order chi connectivity index (χ1) is 16.0. The SMILES string of the molecule is Cc1c(N2C(=O)[C@H]3C4C[C@H](CN4C(=O)c4cc(C(C)(C)C)nn4C)N3C2=O)ccc(C#N)c1Cl. The van der Waals surface area contributed by atoms with Crippen LogP contribution < -0.4 is 4.90 Å². The Balaban J connectivity index is 1.46. The van der Waals surface area contributed by atoms with E-state index < -0.39 is 18.1 Å². The zero-order valence-electron chi connectivity index (χ0n) is 19.7. The van der Waals surface area contributed by atoms with Crippen LogP contribution in [0.5, 0.6) is 0 Å². The summed E-state index contributed by atoms with van der Waals surface area (Å²) in [7, 11) is 1.74. The van der Waals surface area contributed by atoms with Crippen LogP contribution in [-0.4, -0.2) is 62.1 Å². The summed E-state index contributed by atoms with van der Waals surface area (Å²) in [6.45, 7) is 8.16. The van der Waals surface area contributed by atoms with Gasteiger partial charge in [-0.2, -0.15) is 10.4 Å². The van der Waals surface area contributed by atoms with Crippen molar-refractivity contribution in [2.24, 2.45) is 7.05 Å². The van der Waals surface area contributed by atoms with Gasteiger partial charge in [-0.1, -0.05) is 32.4 Å². The molecule has 176 valence electrons. The molecule has 4 amide bonds. The van der Waals surface area contributed by atoms with Gasteiger partial charge in [0.2, 0.25) is 0 Å². The largest absolute Gasteiger partial charge is 0.332 e. The van der Waals surface area contributed by atoms with Crippen LogP contribution in [0.25, 0.3) is 0 Å². The molecule has 3 fully saturated rings. The number of imide groups is 1. The summed E-state index contributed by atoms with van der Waals surface area (Å²) >= 11 is 6.30. The van der Waals surface area contributed by atoms with Crippen molar-refractivity contribution in [3.63, 3.8) is 0 Å². The van der Waals surface area contributed by atoms with E-state index in [1.54, 1.807) is 34.5 Å². The predicted molar refractivity (Wildman–Crippen MR) is 125 cm³/mol. The zero-order chi connectivity index (χ0) is 24.7. The molecule has 2 bridgehead atoms. The van der Waals surface area contributed by atoms with Crippen molar-refractivity contribution in [3.8, 4) is 6.07 Å². The maximum atomic E-state index is 13.5. The van der Waals surface area contributed by atoms with Crippen LogP contribution in [0.4, 0.5) is 10.5 Å². The molecule has 34 heavy (non-hydrogen) atoms. The van der Waals surface area contributed by atoms with Crippen LogP contribution in [0, 0.1) is 18.3 Å². The van der Waals surface area contributed by atoms with Crippen LogP contribution in [0.2, 0.25) is 5.02 Å². The number of anilines is 1. The molecule has 0 aliphatic carbocycles. The molecule has 0 radical (unpaired) electrons. The molecule has 1 unspecified atom stereocenters. The molecule has 4 heterocycles. The van der Waals surface area contributed by atoms with Gasteiger partial charge in [0, 0.05) is 19.0 Å². The van der Waals surface area contributed by atoms with Gasteiger partial charge in [0.05, 0.1) is 34.1 Å². The van der Waals surface area contributed by atoms with E-state index in [9.17, 15) is 19.6 Å². The molecule has 1 aromatic heterocycles. The van der Waals surface area contributed by atoms with Gasteiger partial charge in [0.15, 0.2) is 0 Å². The summed E-state index contributed by atoms with van der Waals surface area (Å²) in [4.78, 5) is 44.8. The van der Waals surface area contributed by atoms with Crippen LogP contribution in [-0.2, 0) is 17.3 Å². The first-order valence-corrected chi connectivity index (χ1v) is 11.5. The minimum atomic E-state index is -0.737. The van der Waals surface area contributed by atoms with Crippen molar-refractivity contribution >= 4 is 35.1 Å². The Kier molecular flexibility index (Phi) is 4.82. The number of hydrogen-bond acceptors (Lipinski definition) is 5. The summed E-state index contributed by atoms with van der Waals surface area (Å²) in [6, 6.07) is 5.12. The number of rotatable bonds is 2. The first kappa shape index (κ1) is 22.4. The van der Waals surface area contributed by atoms with Crippen molar-refractivity contribution in [2.75, 3.05) is 11.4 Å². The number of hydrogen-bond donors (Lipinski definition) is 0. The van der Waals surface area contributed by atoms with E-state index in [0.29, 0.717) is 29.9 Å². The van der Waals surface area contributed by atoms with Gasteiger partial charge in [0.25, 0.3) is 11.8 Å². The number of urea groups is 1. The topological polar surface area (TPSA) is 103 Å². The smallest absolute Gasteiger partial charge is 0.330 e. The molecule has 3 aliphatic heterocycles. The summed E-state index contributed by atoms with van der Waals surface area (Å²) in [5.74, 6) is -0.562. The van der Waals surface area contributed by atoms with E-state index in [1.807, 2.05) is 32.9 Å². The van der Waals surface area contributed by atoms with E-state index in [1.165, 1.54) is 6.07 Å². The number of piperazine rings is 1. The molecule has 3 saturated heterocycles. The third-order valence-corrected chi connectivity index (χ3v) is 7.60. The highest BCUT2D eigenvalue weighted by Crippen LogP contribution is 2.44. The Morgan fingerprint density at radius 2 is 1.97 bits per heavy atom. The highest BCUT2D eigenvalue weighted by Gasteiger charge is 2.63. The van der Waals surface area contributed by atoms with Crippen molar-refractivity contribution in [2.45, 2.75) is 57.7 Å². The number of halogens is 1. The quantitative estimate of drug-likeness (QED) is 0.615. The Morgan fingerprint density at radius 3 is 2.59 bits per heavy atom. The summed E-state index contributed by atoms with van der Waals surface area (Å²) in [6.07, 6.45) is 0.568. The number of nitriles is 1. The van der Waals surface area contributed by atoms with Gasteiger partial charge in [-0.3, -0.25) is 14.3 Å². The first-order valence-electron chi connectivity index (χ1n) is 11.2. The second-order valence-electron chi connectivity index (χ2n) is 10.2. The summed E-state index contributed by atoms with van der Waals surface area (Å²) in [5.41, 5.74) is 2.22. The lowest BCUT2D eigenvalue weighted by molar-refractivity contribution is -0.121. The van der Waals surface area contributed by atoms with Crippen LogP contribution in [0.3, 0.4) is 0 Å². The van der Waals surface area contributed by atoms with Crippen molar-refractivity contribution in [1.82, 2.24) is 19.6 Å². The third kappa shape index (κ3) is 2.98. The Morgan fingerprint density at radius 1 is 1.26 bits per heavy atom. The molecule has 1 aromatic carbocycles. The Bertz CT molecular complexity index is 1300. The molecule has 0 saturated carbocycles. The second-order valence-corrected chi connectivity index (χ2v) is 10.6. The summed E-state index contributed by atoms with van der Waals surface area (Å²) < 4.78 is 1.59. The number of carbonyl (C=O) groups excluding carboxylic acids is 3. The monoisotopic (exact) mass is 480 g/mol. The summed E-state index contributed by atoms with van der Waals surface area (Å²) in [5, 5.41) is 13.9. The number of nitrogens with zero attached hydrogens (tertiary/aromatic N) is 6. The molecule has 10 heteroatoms. The van der Waals surface area contributed by atoms with Gasteiger partial charge < -0.3 is 9.80 Å². The lowest BCUT2D eigenvalue weighted by Gasteiger charge is -2.34. The lowest BCUT2D eigenvalue weighted by atomic mass is 9.92. The van der Waals surface area contributed by atoms with Crippen molar-refractivity contribution in [3.05, 3.63) is 45.7 Å². The van der Waals surface area contributed by atoms with E-state index >= 15 is 0 Å². The molecular weight excluding hydrogens is 456 g/mol. The van der Waals surface area contributed by atoms with Gasteiger partial charge >= 0.3 is 6.03 Å². The maximum Gasteiger partial charge on any atom is 0.332 e. The maximum absolute atomic E-state index is 13.5. The average Bonchev–Trinajstić information content (AvgIpc) is 3.52. The number of carbonyl (C=O) groups is 3. The van der Waals surface area contributed by atoms with Gasteiger partial charge in [-0.25, -0.2) is 9.69 Å². The van der Waals surface area contributed by atoms with Gasteiger partial charge in [0.1, 0.15) is 17.8 Å². The fourth-order valence-electron chi connectivity index (χ4n) is 5.30. The number of amides is 4. The molecule has 3 atom stereocenters. The van der Waals surface area contributed by atoms with Gasteiger partial charge in [-0.05, 0) is 37.1 Å². The second kappa shape index (κ2) is 7.31. The number of aromatic nitrogens is 2. The number of aryl methyl sites for hydroxylation is 1. The highest BCUT2D eigenvalue weighted by molar-refractivity contribution is 6.33. The van der Waals surface area contributed by atoms with Crippen LogP contribution in [0.15, 0.2) is 18.2 Å². The molecule has 0 spiro atoms. The number of benzene rings is 1. The van der Waals surface area contributed by atoms with Gasteiger partial charge in [-0.15, -0.1) is 0 Å². The van der Waals surface area contributed by atoms with E-state index in [4.69, 9.17) is 11.6 Å². The molecule has 5 rings (SSSR count). The van der Waals surface area contributed by atoms with E-state index in [2.05, 4.69) is 5.10 Å². The molecule has 3 aliphatic rings. The van der Waals surface area contributed by atoms with Crippen molar-refractivity contribution in [1.29, 1.82) is 5.26 Å². The third-order valence-electron chi connectivity index (χ3n) is 7.11. The van der Waals surface area contributed by atoms with E-state index in [0.717, 1.165) is 10.6 Å². The van der Waals surface area contributed by atoms with Crippen molar-refractivity contribution < 1.29 is 14.4 Å². The zero-order valence-corrected chi connectivity index (χ0v) is 20.4. The molecule has 0 N–H and O–H groups in total. The Labute approximate surface area is 202 Å². The normalized spacial score (nSPS) is 23.7. The minimum absolute atomic E-state index is 0.186. The average molecular weight is 481 g/mol. The standard InChI is InChI=1S/C24H25ClN6O3/c1-12-15(7-6-13(10-26)19(12)25)31-22(33)20-16-8-14(30(20)23(31)34)11-29(16)21(32)17-9-18(24(2,3)4)27-28(17)5/h6-7,9,14,16,20H,8,11H2,1-5H3/t14-,16?,20-/m1/s1. The number of likely N-dealkylation sites (tertiary alicyclic amines) is 1. The molecule has 9 nitrogen and oxygen atoms in total. The van der Waals surface area contributed by atoms with Crippen LogP contribution >= 0.6 is 11.6 Å². The fourth-order valence-corrected chi connectivity index (χ4v) is 5.50. The fraction of sp³-hybridized carbons (Fsp3) is 0.458. The molecule has 2 aromatic rings. The molecular formula is C24H25ClN6O3. The van der Waals surface area contributed by atoms with E-state index in [-0.39, 0.29) is 33.9 Å². The Hall–Kier alpha value is -3.38.